The molecule has 0 aliphatic carbocycles. The second-order valence-corrected chi connectivity index (χ2v) is 6.30. The van der Waals surface area contributed by atoms with Crippen molar-refractivity contribution in [1.29, 1.82) is 0 Å². The van der Waals surface area contributed by atoms with Crippen molar-refractivity contribution in [2.75, 3.05) is 33.4 Å². The molecule has 0 bridgehead atoms. The monoisotopic (exact) mass is 329 g/mol. The predicted octanol–water partition coefficient (Wildman–Crippen LogP) is 3.48. The van der Waals surface area contributed by atoms with Gasteiger partial charge < -0.3 is 14.8 Å². The average Bonchev–Trinajstić information content (AvgIpc) is 2.37. The summed E-state index contributed by atoms with van der Waals surface area (Å²) in [6, 6.07) is 7.95. The summed E-state index contributed by atoms with van der Waals surface area (Å²) in [5.74, 6) is 0.923. The second kappa shape index (κ2) is 8.56. The molecule has 0 aliphatic heterocycles. The number of hydrogen-bond acceptors (Lipinski definition) is 3. The molecule has 0 unspecified atom stereocenters. The molecule has 4 heteroatoms. The lowest BCUT2D eigenvalue weighted by molar-refractivity contribution is 0.186. The van der Waals surface area contributed by atoms with Crippen molar-refractivity contribution in [2.45, 2.75) is 20.3 Å². The highest BCUT2D eigenvalue weighted by Crippen LogP contribution is 2.21. The molecule has 1 aromatic rings. The van der Waals surface area contributed by atoms with Crippen LogP contribution in [0.2, 0.25) is 0 Å². The molecule has 0 amide bonds. The van der Waals surface area contributed by atoms with E-state index in [9.17, 15) is 0 Å². The SMILES string of the molecule is COCCNCC(C)(C)CCOc1ccc(Br)cc1. The van der Waals surface area contributed by atoms with Crippen LogP contribution in [0, 0.1) is 5.41 Å². The number of benzene rings is 1. The van der Waals surface area contributed by atoms with E-state index in [2.05, 4.69) is 35.1 Å². The molecule has 0 saturated carbocycles. The van der Waals surface area contributed by atoms with Crippen molar-refractivity contribution < 1.29 is 9.47 Å². The van der Waals surface area contributed by atoms with E-state index in [-0.39, 0.29) is 5.41 Å². The zero-order valence-electron chi connectivity index (χ0n) is 12.0. The first kappa shape index (κ1) is 16.5. The lowest BCUT2D eigenvalue weighted by Crippen LogP contribution is -2.32. The minimum atomic E-state index is 0.225. The summed E-state index contributed by atoms with van der Waals surface area (Å²) in [6.07, 6.45) is 1.02. The number of rotatable bonds is 9. The fourth-order valence-corrected chi connectivity index (χ4v) is 1.93. The minimum absolute atomic E-state index is 0.225. The Morgan fingerprint density at radius 3 is 2.47 bits per heavy atom. The number of nitrogens with one attached hydrogen (secondary N) is 1. The third-order valence-electron chi connectivity index (χ3n) is 2.95. The molecule has 0 aromatic heterocycles. The van der Waals surface area contributed by atoms with Crippen LogP contribution >= 0.6 is 15.9 Å². The molecule has 19 heavy (non-hydrogen) atoms. The highest BCUT2D eigenvalue weighted by atomic mass is 79.9. The van der Waals surface area contributed by atoms with Crippen LogP contribution in [0.15, 0.2) is 28.7 Å². The summed E-state index contributed by atoms with van der Waals surface area (Å²) in [4.78, 5) is 0. The normalized spacial score (nSPS) is 11.6. The Morgan fingerprint density at radius 1 is 1.16 bits per heavy atom. The van der Waals surface area contributed by atoms with Gasteiger partial charge >= 0.3 is 0 Å². The van der Waals surface area contributed by atoms with Crippen LogP contribution in [0.3, 0.4) is 0 Å². The van der Waals surface area contributed by atoms with Crippen LogP contribution in [0.4, 0.5) is 0 Å². The summed E-state index contributed by atoms with van der Waals surface area (Å²) in [7, 11) is 1.72. The van der Waals surface area contributed by atoms with Gasteiger partial charge in [-0.1, -0.05) is 29.8 Å². The minimum Gasteiger partial charge on any atom is -0.494 e. The van der Waals surface area contributed by atoms with Crippen molar-refractivity contribution in [1.82, 2.24) is 5.32 Å². The van der Waals surface area contributed by atoms with E-state index in [0.29, 0.717) is 0 Å². The first-order chi connectivity index (χ1) is 9.03. The van der Waals surface area contributed by atoms with Crippen molar-refractivity contribution in [2.24, 2.45) is 5.41 Å². The van der Waals surface area contributed by atoms with Gasteiger partial charge in [-0.25, -0.2) is 0 Å². The van der Waals surface area contributed by atoms with Crippen LogP contribution < -0.4 is 10.1 Å². The van der Waals surface area contributed by atoms with Gasteiger partial charge in [0.05, 0.1) is 13.2 Å². The standard InChI is InChI=1S/C15H24BrNO2/c1-15(2,12-17-9-11-18-3)8-10-19-14-6-4-13(16)5-7-14/h4-7,17H,8-12H2,1-3H3. The molecule has 0 saturated heterocycles. The van der Waals surface area contributed by atoms with E-state index in [1.54, 1.807) is 7.11 Å². The van der Waals surface area contributed by atoms with Crippen LogP contribution in [-0.2, 0) is 4.74 Å². The van der Waals surface area contributed by atoms with E-state index < -0.39 is 0 Å². The van der Waals surface area contributed by atoms with Crippen molar-refractivity contribution in [3.8, 4) is 5.75 Å². The Bertz CT molecular complexity index is 352. The van der Waals surface area contributed by atoms with E-state index >= 15 is 0 Å². The number of ether oxygens (including phenoxy) is 2. The largest absolute Gasteiger partial charge is 0.494 e. The molecule has 108 valence electrons. The molecule has 1 N–H and O–H groups in total. The molecule has 0 heterocycles. The van der Waals surface area contributed by atoms with Crippen LogP contribution in [0.1, 0.15) is 20.3 Å². The molecule has 1 aromatic carbocycles. The van der Waals surface area contributed by atoms with Gasteiger partial charge in [-0.15, -0.1) is 0 Å². The second-order valence-electron chi connectivity index (χ2n) is 5.39. The maximum Gasteiger partial charge on any atom is 0.119 e. The van der Waals surface area contributed by atoms with Gasteiger partial charge in [0.2, 0.25) is 0 Å². The van der Waals surface area contributed by atoms with Gasteiger partial charge in [0.1, 0.15) is 5.75 Å². The predicted molar refractivity (Wildman–Crippen MR) is 82.8 cm³/mol. The van der Waals surface area contributed by atoms with Gasteiger partial charge in [0.25, 0.3) is 0 Å². The number of methoxy groups -OCH3 is 1. The highest BCUT2D eigenvalue weighted by molar-refractivity contribution is 9.10. The fraction of sp³-hybridized carbons (Fsp3) is 0.600. The zero-order valence-corrected chi connectivity index (χ0v) is 13.6. The van der Waals surface area contributed by atoms with Crippen LogP contribution in [-0.4, -0.2) is 33.4 Å². The van der Waals surface area contributed by atoms with Gasteiger partial charge in [0, 0.05) is 24.7 Å². The molecular weight excluding hydrogens is 306 g/mol. The van der Waals surface area contributed by atoms with Gasteiger partial charge in [-0.3, -0.25) is 0 Å². The summed E-state index contributed by atoms with van der Waals surface area (Å²) in [6.45, 7) is 7.86. The topological polar surface area (TPSA) is 30.5 Å². The lowest BCUT2D eigenvalue weighted by atomic mass is 9.90. The van der Waals surface area contributed by atoms with E-state index in [0.717, 1.165) is 42.9 Å². The lowest BCUT2D eigenvalue weighted by Gasteiger charge is -2.25. The maximum absolute atomic E-state index is 5.75. The Kier molecular flexibility index (Phi) is 7.42. The van der Waals surface area contributed by atoms with Gasteiger partial charge in [-0.05, 0) is 36.1 Å². The van der Waals surface area contributed by atoms with Crippen molar-refractivity contribution in [3.05, 3.63) is 28.7 Å². The first-order valence-corrected chi connectivity index (χ1v) is 7.41. The van der Waals surface area contributed by atoms with Crippen molar-refractivity contribution in [3.63, 3.8) is 0 Å². The summed E-state index contributed by atoms with van der Waals surface area (Å²) in [5.41, 5.74) is 0.225. The smallest absolute Gasteiger partial charge is 0.119 e. The van der Waals surface area contributed by atoms with Gasteiger partial charge in [-0.2, -0.15) is 0 Å². The van der Waals surface area contributed by atoms with Crippen molar-refractivity contribution >= 4 is 15.9 Å². The number of hydrogen-bond donors (Lipinski definition) is 1. The average molecular weight is 330 g/mol. The maximum atomic E-state index is 5.75. The molecule has 1 rings (SSSR count). The first-order valence-electron chi connectivity index (χ1n) is 6.61. The zero-order chi connectivity index (χ0) is 14.1. The van der Waals surface area contributed by atoms with E-state index in [1.807, 2.05) is 24.3 Å². The molecule has 0 atom stereocenters. The Morgan fingerprint density at radius 2 is 1.84 bits per heavy atom. The Labute approximate surface area is 124 Å². The highest BCUT2D eigenvalue weighted by Gasteiger charge is 2.17. The molecule has 0 aliphatic rings. The molecule has 0 fully saturated rings. The third-order valence-corrected chi connectivity index (χ3v) is 3.48. The van der Waals surface area contributed by atoms with Gasteiger partial charge in [0.15, 0.2) is 0 Å². The summed E-state index contributed by atoms with van der Waals surface area (Å²) < 4.78 is 11.8. The third kappa shape index (κ3) is 7.55. The molecule has 3 nitrogen and oxygen atoms in total. The summed E-state index contributed by atoms with van der Waals surface area (Å²) in [5, 5.41) is 3.40. The molecule has 0 radical (unpaired) electrons. The van der Waals surface area contributed by atoms with Crippen LogP contribution in [0.25, 0.3) is 0 Å². The fourth-order valence-electron chi connectivity index (χ4n) is 1.67. The quantitative estimate of drug-likeness (QED) is 0.703. The molecular formula is C15H24BrNO2. The van der Waals surface area contributed by atoms with E-state index in [4.69, 9.17) is 9.47 Å². The van der Waals surface area contributed by atoms with E-state index in [1.165, 1.54) is 0 Å². The van der Waals surface area contributed by atoms with Crippen LogP contribution in [0.5, 0.6) is 5.75 Å². The number of halogens is 1. The Balaban J connectivity index is 2.21. The molecule has 0 spiro atoms. The summed E-state index contributed by atoms with van der Waals surface area (Å²) >= 11 is 3.41. The Hall–Kier alpha value is -0.580.